The van der Waals surface area contributed by atoms with Crippen LogP contribution in [0, 0.1) is 0 Å². The van der Waals surface area contributed by atoms with Gasteiger partial charge in [0.05, 0.1) is 16.6 Å². The molecule has 0 aliphatic heterocycles. The van der Waals surface area contributed by atoms with E-state index in [-0.39, 0.29) is 5.89 Å². The van der Waals surface area contributed by atoms with Gasteiger partial charge in [0.15, 0.2) is 0 Å². The standard InChI is InChI=1S/C22H18F2N8O.C2HF3O2/c1-32(2)22-28-16-9-14(8-15(17(16)29-22)12-6-4-3-5-7-12)27-21-25-10-13(11-26-21)19-30-31-20(33-19)18(23)24;3-2(4,5)1(6)7/h3-11,18H,1-2H3,(H,28,29)(H,25,26,27);(H,6,7). The number of hydrogen-bond donors (Lipinski definition) is 3. The molecule has 5 aromatic rings. The predicted molar refractivity (Wildman–Crippen MR) is 133 cm³/mol. The number of hydrogen-bond acceptors (Lipinski definition) is 9. The number of aliphatic carboxylic acids is 1. The van der Waals surface area contributed by atoms with Crippen molar-refractivity contribution in [2.75, 3.05) is 24.3 Å². The van der Waals surface area contributed by atoms with E-state index in [1.54, 1.807) is 0 Å². The third-order valence-corrected chi connectivity index (χ3v) is 5.11. The number of anilines is 3. The Bertz CT molecular complexity index is 1600. The molecule has 16 heteroatoms. The Labute approximate surface area is 221 Å². The zero-order valence-electron chi connectivity index (χ0n) is 20.6. The molecule has 0 spiro atoms. The topological polar surface area (TPSA) is 146 Å². The van der Waals surface area contributed by atoms with E-state index in [4.69, 9.17) is 19.3 Å². The van der Waals surface area contributed by atoms with Crippen molar-refractivity contribution in [2.24, 2.45) is 0 Å². The lowest BCUT2D eigenvalue weighted by Gasteiger charge is -2.09. The quantitative estimate of drug-likeness (QED) is 0.228. The average Bonchev–Trinajstić information content (AvgIpc) is 3.57. The van der Waals surface area contributed by atoms with Crippen LogP contribution < -0.4 is 10.2 Å². The van der Waals surface area contributed by atoms with E-state index in [1.165, 1.54) is 12.4 Å². The van der Waals surface area contributed by atoms with Crippen molar-refractivity contribution >= 4 is 34.6 Å². The summed E-state index contributed by atoms with van der Waals surface area (Å²) in [5.41, 5.74) is 4.75. The Kier molecular flexibility index (Phi) is 7.88. The summed E-state index contributed by atoms with van der Waals surface area (Å²) in [6.07, 6.45) is -5.07. The molecule has 0 radical (unpaired) electrons. The van der Waals surface area contributed by atoms with Gasteiger partial charge in [0.1, 0.15) is 0 Å². The van der Waals surface area contributed by atoms with Crippen LogP contribution in [0.2, 0.25) is 0 Å². The molecule has 0 aliphatic rings. The minimum Gasteiger partial charge on any atom is -0.475 e. The molecule has 0 aliphatic carbocycles. The van der Waals surface area contributed by atoms with E-state index in [0.717, 1.165) is 33.8 Å². The normalized spacial score (nSPS) is 11.3. The van der Waals surface area contributed by atoms with E-state index in [2.05, 4.69) is 30.5 Å². The lowest BCUT2D eigenvalue weighted by Crippen LogP contribution is -2.21. The van der Waals surface area contributed by atoms with Crippen molar-refractivity contribution in [2.45, 2.75) is 12.6 Å². The molecule has 0 fully saturated rings. The second-order valence-corrected chi connectivity index (χ2v) is 8.21. The zero-order chi connectivity index (χ0) is 29.0. The van der Waals surface area contributed by atoms with Crippen molar-refractivity contribution in [3.63, 3.8) is 0 Å². The van der Waals surface area contributed by atoms with Gasteiger partial charge >= 0.3 is 18.6 Å². The van der Waals surface area contributed by atoms with Crippen LogP contribution in [0.4, 0.5) is 39.5 Å². The van der Waals surface area contributed by atoms with Gasteiger partial charge in [0.2, 0.25) is 11.9 Å². The summed E-state index contributed by atoms with van der Waals surface area (Å²) < 4.78 is 62.0. The van der Waals surface area contributed by atoms with Crippen LogP contribution in [0.25, 0.3) is 33.6 Å². The van der Waals surface area contributed by atoms with Crippen LogP contribution >= 0.6 is 0 Å². The fourth-order valence-electron chi connectivity index (χ4n) is 3.30. The fourth-order valence-corrected chi connectivity index (χ4v) is 3.30. The Morgan fingerprint density at radius 2 is 1.70 bits per heavy atom. The Morgan fingerprint density at radius 3 is 2.25 bits per heavy atom. The van der Waals surface area contributed by atoms with Gasteiger partial charge in [-0.15, -0.1) is 10.2 Å². The van der Waals surface area contributed by atoms with Gasteiger partial charge in [-0.2, -0.15) is 22.0 Å². The largest absolute Gasteiger partial charge is 0.490 e. The van der Waals surface area contributed by atoms with Gasteiger partial charge < -0.3 is 24.7 Å². The zero-order valence-corrected chi connectivity index (χ0v) is 20.6. The van der Waals surface area contributed by atoms with Crippen molar-refractivity contribution < 1.29 is 36.3 Å². The summed E-state index contributed by atoms with van der Waals surface area (Å²) in [5, 5.41) is 17.2. The number of aromatic amines is 1. The van der Waals surface area contributed by atoms with Crippen LogP contribution in [0.3, 0.4) is 0 Å². The van der Waals surface area contributed by atoms with Gasteiger partial charge in [-0.25, -0.2) is 19.7 Å². The smallest absolute Gasteiger partial charge is 0.475 e. The molecule has 11 nitrogen and oxygen atoms in total. The predicted octanol–water partition coefficient (Wildman–Crippen LogP) is 5.45. The van der Waals surface area contributed by atoms with Crippen molar-refractivity contribution in [3.05, 3.63) is 60.7 Å². The number of nitrogens with one attached hydrogen (secondary N) is 2. The number of benzene rings is 2. The van der Waals surface area contributed by atoms with Crippen molar-refractivity contribution in [1.29, 1.82) is 0 Å². The molecule has 0 saturated carbocycles. The molecule has 3 N–H and O–H groups in total. The van der Waals surface area contributed by atoms with Crippen molar-refractivity contribution in [1.82, 2.24) is 30.1 Å². The first kappa shape index (κ1) is 27.9. The van der Waals surface area contributed by atoms with Crippen LogP contribution in [-0.2, 0) is 4.79 Å². The molecule has 3 heterocycles. The van der Waals surface area contributed by atoms with Gasteiger partial charge in [-0.05, 0) is 17.7 Å². The van der Waals surface area contributed by atoms with E-state index in [0.29, 0.717) is 11.5 Å². The molecule has 40 heavy (non-hydrogen) atoms. The number of carboxylic acid groups (broad SMARTS) is 1. The molecule has 0 amide bonds. The summed E-state index contributed by atoms with van der Waals surface area (Å²) in [5.74, 6) is -2.52. The highest BCUT2D eigenvalue weighted by atomic mass is 19.4. The molecular weight excluding hydrogens is 543 g/mol. The Balaban J connectivity index is 0.000000470. The minimum atomic E-state index is -5.08. The number of carbonyl (C=O) groups is 1. The van der Waals surface area contributed by atoms with Gasteiger partial charge in [-0.1, -0.05) is 30.3 Å². The number of H-pyrrole nitrogens is 1. The average molecular weight is 562 g/mol. The molecule has 208 valence electrons. The summed E-state index contributed by atoms with van der Waals surface area (Å²) in [6.45, 7) is 0. The monoisotopic (exact) mass is 562 g/mol. The van der Waals surface area contributed by atoms with Gasteiger partial charge in [0, 0.05) is 37.7 Å². The lowest BCUT2D eigenvalue weighted by molar-refractivity contribution is -0.192. The SMILES string of the molecule is CN(C)c1nc2c(-c3ccccc3)cc(Nc3ncc(-c4nnc(C(F)F)o4)cn3)cc2[nH]1.O=C(O)C(F)(F)F. The number of aromatic nitrogens is 6. The maximum atomic E-state index is 12.7. The molecule has 2 aromatic carbocycles. The molecular formula is C24H19F5N8O3. The summed E-state index contributed by atoms with van der Waals surface area (Å²) in [4.78, 5) is 27.3. The summed E-state index contributed by atoms with van der Waals surface area (Å²) >= 11 is 0. The Morgan fingerprint density at radius 1 is 1.05 bits per heavy atom. The number of alkyl halides is 5. The number of halogens is 5. The molecule has 0 saturated heterocycles. The van der Waals surface area contributed by atoms with E-state index >= 15 is 0 Å². The molecule has 0 unspecified atom stereocenters. The summed E-state index contributed by atoms with van der Waals surface area (Å²) in [7, 11) is 3.84. The van der Waals surface area contributed by atoms with Gasteiger partial charge in [0.25, 0.3) is 11.8 Å². The van der Waals surface area contributed by atoms with E-state index < -0.39 is 24.5 Å². The van der Waals surface area contributed by atoms with Crippen LogP contribution in [0.5, 0.6) is 0 Å². The molecule has 0 atom stereocenters. The first-order chi connectivity index (χ1) is 18.9. The number of rotatable bonds is 6. The van der Waals surface area contributed by atoms with E-state index in [9.17, 15) is 22.0 Å². The van der Waals surface area contributed by atoms with Crippen molar-refractivity contribution in [3.8, 4) is 22.6 Å². The van der Waals surface area contributed by atoms with Gasteiger partial charge in [-0.3, -0.25) is 0 Å². The molecule has 3 aromatic heterocycles. The highest BCUT2D eigenvalue weighted by Gasteiger charge is 2.38. The second-order valence-electron chi connectivity index (χ2n) is 8.21. The number of nitrogens with zero attached hydrogens (tertiary/aromatic N) is 6. The second kappa shape index (κ2) is 11.3. The first-order valence-electron chi connectivity index (χ1n) is 11.2. The number of carboxylic acids is 1. The highest BCUT2D eigenvalue weighted by Crippen LogP contribution is 2.33. The number of fused-ring (bicyclic) bond motifs is 1. The maximum absolute atomic E-state index is 12.7. The maximum Gasteiger partial charge on any atom is 0.490 e. The molecule has 0 bridgehead atoms. The highest BCUT2D eigenvalue weighted by molar-refractivity contribution is 5.96. The Hall–Kier alpha value is -5.15. The third-order valence-electron chi connectivity index (χ3n) is 5.11. The van der Waals surface area contributed by atoms with Crippen LogP contribution in [0.1, 0.15) is 12.3 Å². The fraction of sp³-hybridized carbons (Fsp3) is 0.167. The van der Waals surface area contributed by atoms with E-state index in [1.807, 2.05) is 61.5 Å². The molecule has 5 rings (SSSR count). The minimum absolute atomic E-state index is 0.0710. The first-order valence-corrected chi connectivity index (χ1v) is 11.2. The third kappa shape index (κ3) is 6.46. The lowest BCUT2D eigenvalue weighted by atomic mass is 10.0. The number of imidazole rings is 1. The van der Waals surface area contributed by atoms with Crippen LogP contribution in [0.15, 0.2) is 59.3 Å². The summed E-state index contributed by atoms with van der Waals surface area (Å²) in [6, 6.07) is 13.8. The van der Waals surface area contributed by atoms with Crippen LogP contribution in [-0.4, -0.2) is 61.5 Å².